The van der Waals surface area contributed by atoms with Gasteiger partial charge in [-0.25, -0.2) is 4.79 Å². The van der Waals surface area contributed by atoms with E-state index < -0.39 is 5.97 Å². The van der Waals surface area contributed by atoms with Crippen LogP contribution in [0.25, 0.3) is 0 Å². The van der Waals surface area contributed by atoms with Gasteiger partial charge in [-0.1, -0.05) is 11.6 Å². The largest absolute Gasteiger partial charge is 0.477 e. The molecule has 3 nitrogen and oxygen atoms in total. The monoisotopic (exact) mass is 299 g/mol. The molecule has 0 saturated heterocycles. The summed E-state index contributed by atoms with van der Waals surface area (Å²) in [5.74, 6) is -0.324. The standard InChI is InChI=1S/C12H10ClNO2S2/c13-8-1-2-9(14)10(5-8)18-6-7-3-4-17-11(7)12(15)16/h1-5H,6,14H2,(H,15,16). The highest BCUT2D eigenvalue weighted by molar-refractivity contribution is 7.98. The minimum absolute atomic E-state index is 0.378. The van der Waals surface area contributed by atoms with Gasteiger partial charge in [0, 0.05) is 21.4 Å². The lowest BCUT2D eigenvalue weighted by molar-refractivity contribution is 0.0701. The van der Waals surface area contributed by atoms with Crippen LogP contribution in [0.15, 0.2) is 34.5 Å². The van der Waals surface area contributed by atoms with Crippen molar-refractivity contribution >= 4 is 46.4 Å². The van der Waals surface area contributed by atoms with Crippen molar-refractivity contribution in [2.45, 2.75) is 10.6 Å². The normalized spacial score (nSPS) is 10.5. The Balaban J connectivity index is 2.14. The Morgan fingerprint density at radius 3 is 2.94 bits per heavy atom. The zero-order chi connectivity index (χ0) is 13.1. The number of aromatic carboxylic acids is 1. The molecule has 0 fully saturated rings. The van der Waals surface area contributed by atoms with Gasteiger partial charge >= 0.3 is 5.97 Å². The fourth-order valence-electron chi connectivity index (χ4n) is 1.43. The van der Waals surface area contributed by atoms with Crippen LogP contribution >= 0.6 is 34.7 Å². The van der Waals surface area contributed by atoms with Crippen molar-refractivity contribution in [2.24, 2.45) is 0 Å². The predicted molar refractivity (Wildman–Crippen MR) is 76.7 cm³/mol. The lowest BCUT2D eigenvalue weighted by atomic mass is 10.3. The molecule has 0 radical (unpaired) electrons. The summed E-state index contributed by atoms with van der Waals surface area (Å²) in [6.45, 7) is 0. The highest BCUT2D eigenvalue weighted by atomic mass is 35.5. The van der Waals surface area contributed by atoms with E-state index in [1.54, 1.807) is 23.6 Å². The Bertz CT molecular complexity index is 583. The first kappa shape index (κ1) is 13.3. The number of nitrogen functional groups attached to an aromatic ring is 1. The molecule has 2 rings (SSSR count). The second-order valence-corrected chi connectivity index (χ2v) is 5.92. The van der Waals surface area contributed by atoms with Crippen LogP contribution in [0.2, 0.25) is 5.02 Å². The fraction of sp³-hybridized carbons (Fsp3) is 0.0833. The number of anilines is 1. The first-order valence-corrected chi connectivity index (χ1v) is 7.29. The van der Waals surface area contributed by atoms with Crippen LogP contribution in [0.3, 0.4) is 0 Å². The molecule has 1 aromatic carbocycles. The Labute approximate surface area is 118 Å². The van der Waals surface area contributed by atoms with Gasteiger partial charge < -0.3 is 10.8 Å². The second-order valence-electron chi connectivity index (χ2n) is 3.55. The first-order chi connectivity index (χ1) is 8.58. The molecule has 0 aliphatic rings. The fourth-order valence-corrected chi connectivity index (χ4v) is 3.51. The van der Waals surface area contributed by atoms with Gasteiger partial charge in [-0.15, -0.1) is 23.1 Å². The van der Waals surface area contributed by atoms with E-state index in [0.717, 1.165) is 10.5 Å². The summed E-state index contributed by atoms with van der Waals surface area (Å²) in [6, 6.07) is 7.08. The number of hydrogen-bond donors (Lipinski definition) is 2. The molecule has 94 valence electrons. The van der Waals surface area contributed by atoms with Crippen LogP contribution in [0, 0.1) is 0 Å². The van der Waals surface area contributed by atoms with E-state index in [0.29, 0.717) is 21.3 Å². The number of benzene rings is 1. The Kier molecular flexibility index (Phi) is 4.16. The minimum Gasteiger partial charge on any atom is -0.477 e. The lowest BCUT2D eigenvalue weighted by Gasteiger charge is -2.05. The molecule has 2 aromatic rings. The van der Waals surface area contributed by atoms with E-state index in [4.69, 9.17) is 22.4 Å². The topological polar surface area (TPSA) is 63.3 Å². The van der Waals surface area contributed by atoms with Crippen molar-refractivity contribution in [2.75, 3.05) is 5.73 Å². The summed E-state index contributed by atoms with van der Waals surface area (Å²) in [7, 11) is 0. The van der Waals surface area contributed by atoms with E-state index in [1.165, 1.54) is 23.1 Å². The molecule has 0 aliphatic carbocycles. The van der Waals surface area contributed by atoms with E-state index in [1.807, 2.05) is 6.07 Å². The molecule has 0 amide bonds. The molecule has 3 N–H and O–H groups in total. The summed E-state index contributed by atoms with van der Waals surface area (Å²) >= 11 is 8.61. The van der Waals surface area contributed by atoms with Crippen LogP contribution < -0.4 is 5.73 Å². The summed E-state index contributed by atoms with van der Waals surface area (Å²) in [4.78, 5) is 12.2. The minimum atomic E-state index is -0.889. The van der Waals surface area contributed by atoms with Gasteiger partial charge in [0.05, 0.1) is 0 Å². The number of rotatable bonds is 4. The summed E-state index contributed by atoms with van der Waals surface area (Å²) in [6.07, 6.45) is 0. The van der Waals surface area contributed by atoms with Crippen molar-refractivity contribution in [3.63, 3.8) is 0 Å². The summed E-state index contributed by atoms with van der Waals surface area (Å²) < 4.78 is 0. The zero-order valence-corrected chi connectivity index (χ0v) is 11.6. The quantitative estimate of drug-likeness (QED) is 0.662. The molecule has 1 heterocycles. The third kappa shape index (κ3) is 2.98. The van der Waals surface area contributed by atoms with Gasteiger partial charge in [0.15, 0.2) is 0 Å². The number of halogens is 1. The number of carboxylic acids is 1. The van der Waals surface area contributed by atoms with Gasteiger partial charge in [-0.2, -0.15) is 0 Å². The summed E-state index contributed by atoms with van der Waals surface area (Å²) in [5, 5.41) is 11.4. The van der Waals surface area contributed by atoms with Crippen LogP contribution in [0.4, 0.5) is 5.69 Å². The molecule has 0 atom stereocenters. The van der Waals surface area contributed by atoms with Gasteiger partial charge in [0.1, 0.15) is 4.88 Å². The molecule has 0 saturated carbocycles. The van der Waals surface area contributed by atoms with E-state index in [2.05, 4.69) is 0 Å². The molecule has 0 bridgehead atoms. The molecule has 1 aromatic heterocycles. The van der Waals surface area contributed by atoms with Crippen molar-refractivity contribution in [1.29, 1.82) is 0 Å². The average Bonchev–Trinajstić information content (AvgIpc) is 2.79. The van der Waals surface area contributed by atoms with Gasteiger partial charge in [-0.3, -0.25) is 0 Å². The van der Waals surface area contributed by atoms with Crippen molar-refractivity contribution in [3.8, 4) is 0 Å². The number of hydrogen-bond acceptors (Lipinski definition) is 4. The van der Waals surface area contributed by atoms with Gasteiger partial charge in [0.2, 0.25) is 0 Å². The predicted octanol–water partition coefficient (Wildman–Crippen LogP) is 3.97. The zero-order valence-electron chi connectivity index (χ0n) is 9.22. The number of thiophene rings is 1. The van der Waals surface area contributed by atoms with Crippen molar-refractivity contribution in [3.05, 3.63) is 45.1 Å². The van der Waals surface area contributed by atoms with Gasteiger partial charge in [-0.05, 0) is 35.2 Å². The number of nitrogens with two attached hydrogens (primary N) is 1. The van der Waals surface area contributed by atoms with Crippen molar-refractivity contribution in [1.82, 2.24) is 0 Å². The van der Waals surface area contributed by atoms with Crippen LogP contribution in [-0.4, -0.2) is 11.1 Å². The summed E-state index contributed by atoms with van der Waals surface area (Å²) in [5.41, 5.74) is 7.29. The van der Waals surface area contributed by atoms with Crippen LogP contribution in [-0.2, 0) is 5.75 Å². The Morgan fingerprint density at radius 1 is 1.44 bits per heavy atom. The smallest absolute Gasteiger partial charge is 0.346 e. The first-order valence-electron chi connectivity index (χ1n) is 5.05. The highest BCUT2D eigenvalue weighted by Gasteiger charge is 2.12. The maximum atomic E-state index is 11.0. The average molecular weight is 300 g/mol. The molecule has 6 heteroatoms. The lowest BCUT2D eigenvalue weighted by Crippen LogP contribution is -1.96. The third-order valence-electron chi connectivity index (χ3n) is 2.30. The van der Waals surface area contributed by atoms with Crippen LogP contribution in [0.1, 0.15) is 15.2 Å². The SMILES string of the molecule is Nc1ccc(Cl)cc1SCc1ccsc1C(=O)O. The molecule has 0 unspecified atom stereocenters. The number of thioether (sulfide) groups is 1. The van der Waals surface area contributed by atoms with E-state index >= 15 is 0 Å². The number of carbonyl (C=O) groups is 1. The molecular weight excluding hydrogens is 290 g/mol. The maximum absolute atomic E-state index is 11.0. The second kappa shape index (κ2) is 5.65. The molecule has 0 spiro atoms. The Morgan fingerprint density at radius 2 is 2.22 bits per heavy atom. The van der Waals surface area contributed by atoms with E-state index in [-0.39, 0.29) is 0 Å². The van der Waals surface area contributed by atoms with Gasteiger partial charge in [0.25, 0.3) is 0 Å². The molecular formula is C12H10ClNO2S2. The van der Waals surface area contributed by atoms with E-state index in [9.17, 15) is 4.79 Å². The Hall–Kier alpha value is -1.17. The van der Waals surface area contributed by atoms with Crippen molar-refractivity contribution < 1.29 is 9.90 Å². The highest BCUT2D eigenvalue weighted by Crippen LogP contribution is 2.32. The number of carboxylic acid groups (broad SMARTS) is 1. The maximum Gasteiger partial charge on any atom is 0.346 e. The third-order valence-corrected chi connectivity index (χ3v) is 4.60. The molecule has 0 aliphatic heterocycles. The molecule has 18 heavy (non-hydrogen) atoms. The van der Waals surface area contributed by atoms with Crippen LogP contribution in [0.5, 0.6) is 0 Å².